The van der Waals surface area contributed by atoms with Gasteiger partial charge < -0.3 is 10.2 Å². The lowest BCUT2D eigenvalue weighted by Crippen LogP contribution is -2.52. The number of likely N-dealkylation sites (tertiary alicyclic amines) is 1. The van der Waals surface area contributed by atoms with Crippen LogP contribution in [0.5, 0.6) is 0 Å². The van der Waals surface area contributed by atoms with E-state index in [0.29, 0.717) is 19.5 Å². The van der Waals surface area contributed by atoms with Crippen molar-refractivity contribution >= 4 is 33.4 Å². The highest BCUT2D eigenvalue weighted by Crippen LogP contribution is 2.27. The summed E-state index contributed by atoms with van der Waals surface area (Å²) in [5.41, 5.74) is 1.01. The summed E-state index contributed by atoms with van der Waals surface area (Å²) in [5, 5.41) is 4.09. The van der Waals surface area contributed by atoms with Gasteiger partial charge in [0.2, 0.25) is 11.8 Å². The summed E-state index contributed by atoms with van der Waals surface area (Å²) >= 11 is 1.68. The molecule has 1 N–H and O–H groups in total. The van der Waals surface area contributed by atoms with Gasteiger partial charge in [-0.15, -0.1) is 11.3 Å². The van der Waals surface area contributed by atoms with Crippen LogP contribution < -0.4 is 5.32 Å². The van der Waals surface area contributed by atoms with E-state index in [2.05, 4.69) is 23.3 Å². The lowest BCUT2D eigenvalue weighted by molar-refractivity contribution is -0.142. The molecule has 26 heavy (non-hydrogen) atoms. The molecule has 1 aromatic heterocycles. The quantitative estimate of drug-likeness (QED) is 0.840. The topological polar surface area (TPSA) is 62.3 Å². The van der Waals surface area contributed by atoms with Crippen molar-refractivity contribution in [2.24, 2.45) is 0 Å². The predicted molar refractivity (Wildman–Crippen MR) is 105 cm³/mol. The van der Waals surface area contributed by atoms with Crippen molar-refractivity contribution in [1.82, 2.24) is 15.2 Å². The van der Waals surface area contributed by atoms with E-state index in [1.807, 2.05) is 25.1 Å². The molecule has 2 heterocycles. The highest BCUT2D eigenvalue weighted by atomic mass is 32.1. The molecule has 6 heteroatoms. The van der Waals surface area contributed by atoms with Gasteiger partial charge in [0, 0.05) is 25.4 Å². The minimum atomic E-state index is -0.314. The number of hydrogen-bond donors (Lipinski definition) is 1. The van der Waals surface area contributed by atoms with Crippen LogP contribution in [-0.4, -0.2) is 40.8 Å². The van der Waals surface area contributed by atoms with E-state index in [1.165, 1.54) is 4.70 Å². The second kappa shape index (κ2) is 8.62. The molecule has 1 saturated heterocycles. The number of aromatic nitrogens is 1. The number of thiazole rings is 1. The summed E-state index contributed by atoms with van der Waals surface area (Å²) in [7, 11) is 0. The highest BCUT2D eigenvalue weighted by molar-refractivity contribution is 7.18. The van der Waals surface area contributed by atoms with Gasteiger partial charge in [-0.05, 0) is 37.8 Å². The predicted octanol–water partition coefficient (Wildman–Crippen LogP) is 3.70. The van der Waals surface area contributed by atoms with Crippen LogP contribution in [0.25, 0.3) is 10.2 Å². The maximum Gasteiger partial charge on any atom is 0.242 e. The van der Waals surface area contributed by atoms with Crippen LogP contribution >= 0.6 is 11.3 Å². The van der Waals surface area contributed by atoms with Gasteiger partial charge in [0.25, 0.3) is 0 Å². The molecule has 1 fully saturated rings. The Labute approximate surface area is 158 Å². The number of fused-ring (bicyclic) bond motifs is 1. The summed E-state index contributed by atoms with van der Waals surface area (Å²) in [6.07, 6.45) is 4.09. The van der Waals surface area contributed by atoms with Gasteiger partial charge in [-0.1, -0.05) is 26.0 Å². The fourth-order valence-corrected chi connectivity index (χ4v) is 4.44. The molecule has 1 aliphatic rings. The van der Waals surface area contributed by atoms with Crippen molar-refractivity contribution in [1.29, 1.82) is 0 Å². The van der Waals surface area contributed by atoms with Crippen LogP contribution in [0.4, 0.5) is 0 Å². The molecular weight excluding hydrogens is 346 g/mol. The first-order chi connectivity index (χ1) is 12.6. The summed E-state index contributed by atoms with van der Waals surface area (Å²) in [4.78, 5) is 31.5. The van der Waals surface area contributed by atoms with Crippen molar-refractivity contribution in [3.05, 3.63) is 29.3 Å². The van der Waals surface area contributed by atoms with E-state index in [1.54, 1.807) is 16.2 Å². The Morgan fingerprint density at radius 1 is 1.35 bits per heavy atom. The largest absolute Gasteiger partial charge is 0.354 e. The lowest BCUT2D eigenvalue weighted by Gasteiger charge is -2.35. The number of rotatable bonds is 6. The molecule has 2 aromatic rings. The van der Waals surface area contributed by atoms with Gasteiger partial charge in [-0.25, -0.2) is 4.98 Å². The van der Waals surface area contributed by atoms with Gasteiger partial charge in [0.1, 0.15) is 6.04 Å². The fourth-order valence-electron chi connectivity index (χ4n) is 3.42. The Hall–Kier alpha value is -1.95. The average molecular weight is 374 g/mol. The Bertz CT molecular complexity index is 740. The molecule has 0 bridgehead atoms. The zero-order valence-corrected chi connectivity index (χ0v) is 16.3. The number of piperidine rings is 1. The molecule has 0 unspecified atom stereocenters. The van der Waals surface area contributed by atoms with Crippen LogP contribution in [0.3, 0.4) is 0 Å². The first-order valence-corrected chi connectivity index (χ1v) is 10.3. The average Bonchev–Trinajstić information content (AvgIpc) is 3.10. The zero-order valence-electron chi connectivity index (χ0n) is 15.5. The smallest absolute Gasteiger partial charge is 0.242 e. The van der Waals surface area contributed by atoms with Crippen molar-refractivity contribution in [3.63, 3.8) is 0 Å². The van der Waals surface area contributed by atoms with E-state index < -0.39 is 0 Å². The number of carbonyl (C=O) groups is 2. The van der Waals surface area contributed by atoms with Crippen molar-refractivity contribution in [2.75, 3.05) is 13.1 Å². The normalized spacial score (nSPS) is 18.7. The Kier molecular flexibility index (Phi) is 6.25. The number of para-hydroxylation sites is 1. The second-order valence-electron chi connectivity index (χ2n) is 7.01. The van der Waals surface area contributed by atoms with Crippen LogP contribution in [0.2, 0.25) is 0 Å². The minimum absolute atomic E-state index is 0.0258. The molecule has 5 nitrogen and oxygen atoms in total. The molecule has 0 aliphatic carbocycles. The van der Waals surface area contributed by atoms with E-state index >= 15 is 0 Å². The van der Waals surface area contributed by atoms with Gasteiger partial charge in [0.05, 0.1) is 15.2 Å². The van der Waals surface area contributed by atoms with E-state index in [9.17, 15) is 9.59 Å². The monoisotopic (exact) mass is 373 g/mol. The van der Waals surface area contributed by atoms with Crippen molar-refractivity contribution < 1.29 is 9.59 Å². The number of carbonyl (C=O) groups excluding carboxylic acids is 2. The first kappa shape index (κ1) is 18.8. The summed E-state index contributed by atoms with van der Waals surface area (Å²) in [5.74, 6) is 0.230. The van der Waals surface area contributed by atoms with Gasteiger partial charge in [-0.3, -0.25) is 9.59 Å². The van der Waals surface area contributed by atoms with E-state index in [0.717, 1.165) is 36.2 Å². The molecule has 0 spiro atoms. The minimum Gasteiger partial charge on any atom is -0.354 e. The molecule has 2 atom stereocenters. The number of benzene rings is 1. The second-order valence-corrected chi connectivity index (χ2v) is 8.08. The van der Waals surface area contributed by atoms with Crippen LogP contribution in [-0.2, 0) is 9.59 Å². The van der Waals surface area contributed by atoms with Gasteiger partial charge >= 0.3 is 0 Å². The third-order valence-corrected chi connectivity index (χ3v) is 6.17. The third-order valence-electron chi connectivity index (χ3n) is 4.90. The highest BCUT2D eigenvalue weighted by Gasteiger charge is 2.31. The molecule has 2 amide bonds. The van der Waals surface area contributed by atoms with Gasteiger partial charge in [-0.2, -0.15) is 0 Å². The molecule has 1 aliphatic heterocycles. The van der Waals surface area contributed by atoms with Crippen molar-refractivity contribution in [3.8, 4) is 0 Å². The molecule has 0 radical (unpaired) electrons. The van der Waals surface area contributed by atoms with Crippen molar-refractivity contribution in [2.45, 2.75) is 57.9 Å². The fraction of sp³-hybridized carbons (Fsp3) is 0.550. The summed E-state index contributed by atoms with van der Waals surface area (Å²) in [6.45, 7) is 5.32. The van der Waals surface area contributed by atoms with E-state index in [-0.39, 0.29) is 23.8 Å². The lowest BCUT2D eigenvalue weighted by atomic mass is 10.0. The number of nitrogens with one attached hydrogen (secondary N) is 1. The maximum atomic E-state index is 12.7. The molecule has 0 saturated carbocycles. The van der Waals surface area contributed by atoms with Crippen LogP contribution in [0, 0.1) is 0 Å². The van der Waals surface area contributed by atoms with Gasteiger partial charge in [0.15, 0.2) is 0 Å². The molecule has 1 aromatic carbocycles. The molecule has 140 valence electrons. The first-order valence-electron chi connectivity index (χ1n) is 9.52. The zero-order chi connectivity index (χ0) is 18.5. The summed E-state index contributed by atoms with van der Waals surface area (Å²) in [6, 6.07) is 7.77. The molecule has 3 rings (SSSR count). The Morgan fingerprint density at radius 2 is 2.15 bits per heavy atom. The Morgan fingerprint density at radius 3 is 2.92 bits per heavy atom. The number of hydrogen-bond acceptors (Lipinski definition) is 4. The summed E-state index contributed by atoms with van der Waals surface area (Å²) < 4.78 is 1.17. The molecular formula is C20H27N3O2S. The third kappa shape index (κ3) is 4.23. The number of amides is 2. The van der Waals surface area contributed by atoms with E-state index in [4.69, 9.17) is 0 Å². The SMILES string of the molecule is CCCC(=O)N1CCCC[C@@H]1C(=O)NC[C@@H](C)c1nc2ccccc2s1. The Balaban J connectivity index is 1.60. The standard InChI is InChI=1S/C20H27N3O2S/c1-3-8-18(24)23-12-7-6-10-16(23)19(25)21-13-14(2)20-22-15-9-4-5-11-17(15)26-20/h4-5,9,11,14,16H,3,6-8,10,12-13H2,1-2H3,(H,21,25)/t14-,16-/m1/s1. The number of nitrogens with zero attached hydrogens (tertiary/aromatic N) is 2. The van der Waals surface area contributed by atoms with Crippen LogP contribution in [0.1, 0.15) is 56.9 Å². The maximum absolute atomic E-state index is 12.7. The van der Waals surface area contributed by atoms with Crippen LogP contribution in [0.15, 0.2) is 24.3 Å².